The zero-order chi connectivity index (χ0) is 12.1. The summed E-state index contributed by atoms with van der Waals surface area (Å²) in [5.41, 5.74) is 0. The number of aromatic nitrogens is 2. The molecule has 0 aliphatic heterocycles. The summed E-state index contributed by atoms with van der Waals surface area (Å²) in [5.74, 6) is 1.40. The predicted molar refractivity (Wildman–Crippen MR) is 71.9 cm³/mol. The zero-order valence-electron chi connectivity index (χ0n) is 9.80. The van der Waals surface area contributed by atoms with Gasteiger partial charge in [0.2, 0.25) is 5.28 Å². The molecule has 3 nitrogen and oxygen atoms in total. The van der Waals surface area contributed by atoms with E-state index in [0.717, 1.165) is 23.1 Å². The van der Waals surface area contributed by atoms with Gasteiger partial charge in [0.15, 0.2) is 0 Å². The van der Waals surface area contributed by atoms with Crippen molar-refractivity contribution in [2.45, 2.75) is 39.7 Å². The summed E-state index contributed by atoms with van der Waals surface area (Å²) >= 11 is 9.17. The van der Waals surface area contributed by atoms with E-state index < -0.39 is 0 Å². The van der Waals surface area contributed by atoms with Gasteiger partial charge in [-0.15, -0.1) is 0 Å². The molecule has 1 rings (SSSR count). The van der Waals surface area contributed by atoms with Crippen LogP contribution in [0.4, 0.5) is 5.82 Å². The van der Waals surface area contributed by atoms with Crippen molar-refractivity contribution in [1.29, 1.82) is 0 Å². The number of rotatable bonds is 5. The first-order valence-electron chi connectivity index (χ1n) is 5.53. The lowest BCUT2D eigenvalue weighted by molar-refractivity contribution is 0.437. The van der Waals surface area contributed by atoms with Crippen LogP contribution in [0.3, 0.4) is 0 Å². The van der Waals surface area contributed by atoms with E-state index in [1.54, 1.807) is 6.20 Å². The monoisotopic (exact) mass is 305 g/mol. The van der Waals surface area contributed by atoms with Crippen molar-refractivity contribution in [2.24, 2.45) is 5.92 Å². The zero-order valence-corrected chi connectivity index (χ0v) is 12.1. The second-order valence-corrected chi connectivity index (χ2v) is 5.04. The van der Waals surface area contributed by atoms with Crippen molar-refractivity contribution in [1.82, 2.24) is 9.97 Å². The first-order valence-corrected chi connectivity index (χ1v) is 6.70. The largest absolute Gasteiger partial charge is 0.366 e. The van der Waals surface area contributed by atoms with Crippen LogP contribution in [-0.2, 0) is 0 Å². The van der Waals surface area contributed by atoms with E-state index in [2.05, 4.69) is 52.0 Å². The molecular formula is C11H17BrClN3. The molecule has 90 valence electrons. The Hall–Kier alpha value is -0.350. The molecule has 1 heterocycles. The molecule has 1 aromatic rings. The molecule has 1 N–H and O–H groups in total. The molecule has 0 bridgehead atoms. The lowest BCUT2D eigenvalue weighted by atomic mass is 9.95. The van der Waals surface area contributed by atoms with Crippen LogP contribution in [0, 0.1) is 5.92 Å². The maximum absolute atomic E-state index is 5.76. The van der Waals surface area contributed by atoms with E-state index in [4.69, 9.17) is 11.6 Å². The van der Waals surface area contributed by atoms with Crippen LogP contribution in [-0.4, -0.2) is 16.0 Å². The third-order valence-corrected chi connectivity index (χ3v) is 3.60. The summed E-state index contributed by atoms with van der Waals surface area (Å²) in [6.45, 7) is 6.57. The minimum Gasteiger partial charge on any atom is -0.366 e. The molecule has 0 saturated heterocycles. The van der Waals surface area contributed by atoms with E-state index in [9.17, 15) is 0 Å². The minimum absolute atomic E-state index is 0.266. The predicted octanol–water partition coefficient (Wildman–Crippen LogP) is 4.13. The highest BCUT2D eigenvalue weighted by molar-refractivity contribution is 9.10. The van der Waals surface area contributed by atoms with Crippen molar-refractivity contribution in [3.63, 3.8) is 0 Å². The first-order chi connectivity index (χ1) is 7.58. The third kappa shape index (κ3) is 3.59. The Kier molecular flexibility index (Phi) is 5.49. The highest BCUT2D eigenvalue weighted by Crippen LogP contribution is 2.23. The fourth-order valence-corrected chi connectivity index (χ4v) is 2.21. The summed E-state index contributed by atoms with van der Waals surface area (Å²) in [4.78, 5) is 8.06. The van der Waals surface area contributed by atoms with Gasteiger partial charge in [0.25, 0.3) is 0 Å². The smallest absolute Gasteiger partial charge is 0.224 e. The fraction of sp³-hybridized carbons (Fsp3) is 0.636. The van der Waals surface area contributed by atoms with Crippen LogP contribution in [0.5, 0.6) is 0 Å². The molecule has 0 amide bonds. The molecule has 1 aromatic heterocycles. The number of nitrogens with one attached hydrogen (secondary N) is 1. The van der Waals surface area contributed by atoms with Crippen LogP contribution in [0.15, 0.2) is 10.7 Å². The van der Waals surface area contributed by atoms with Crippen molar-refractivity contribution >= 4 is 33.3 Å². The Balaban J connectivity index is 2.75. The van der Waals surface area contributed by atoms with Gasteiger partial charge < -0.3 is 5.32 Å². The van der Waals surface area contributed by atoms with Gasteiger partial charge in [-0.2, -0.15) is 4.98 Å². The fourth-order valence-electron chi connectivity index (χ4n) is 1.78. The number of hydrogen-bond donors (Lipinski definition) is 1. The Bertz CT molecular complexity index is 342. The lowest BCUT2D eigenvalue weighted by Crippen LogP contribution is -2.25. The molecule has 0 radical (unpaired) electrons. The standard InChI is InChI=1S/C11H17BrClN3/c1-4-8(5-2)7(3)15-10-9(12)6-14-11(13)16-10/h6-8H,4-5H2,1-3H3,(H,14,15,16). The molecule has 0 aliphatic rings. The molecule has 0 aliphatic carbocycles. The van der Waals surface area contributed by atoms with Gasteiger partial charge >= 0.3 is 0 Å². The van der Waals surface area contributed by atoms with Crippen molar-refractivity contribution in [3.8, 4) is 0 Å². The van der Waals surface area contributed by atoms with E-state index in [1.807, 2.05) is 0 Å². The lowest BCUT2D eigenvalue weighted by Gasteiger charge is -2.23. The first kappa shape index (κ1) is 13.7. The number of nitrogens with zero attached hydrogens (tertiary/aromatic N) is 2. The third-order valence-electron chi connectivity index (χ3n) is 2.83. The summed E-state index contributed by atoms with van der Waals surface area (Å²) in [5, 5.41) is 3.64. The number of hydrogen-bond acceptors (Lipinski definition) is 3. The Labute approximate surface area is 110 Å². The number of halogens is 2. The minimum atomic E-state index is 0.266. The van der Waals surface area contributed by atoms with Crippen molar-refractivity contribution in [2.75, 3.05) is 5.32 Å². The van der Waals surface area contributed by atoms with Crippen LogP contribution >= 0.6 is 27.5 Å². The van der Waals surface area contributed by atoms with Crippen LogP contribution in [0.25, 0.3) is 0 Å². The second-order valence-electron chi connectivity index (χ2n) is 3.85. The van der Waals surface area contributed by atoms with E-state index in [1.165, 1.54) is 0 Å². The van der Waals surface area contributed by atoms with Crippen molar-refractivity contribution < 1.29 is 0 Å². The van der Waals surface area contributed by atoms with Crippen LogP contribution in [0.2, 0.25) is 5.28 Å². The summed E-state index contributed by atoms with van der Waals surface area (Å²) < 4.78 is 0.842. The molecular weight excluding hydrogens is 289 g/mol. The van der Waals surface area contributed by atoms with Gasteiger partial charge in [-0.3, -0.25) is 0 Å². The second kappa shape index (κ2) is 6.40. The molecule has 5 heteroatoms. The highest BCUT2D eigenvalue weighted by Gasteiger charge is 2.15. The summed E-state index contributed by atoms with van der Waals surface area (Å²) in [6.07, 6.45) is 3.97. The number of anilines is 1. The molecule has 1 atom stereocenters. The molecule has 0 aromatic carbocycles. The van der Waals surface area contributed by atoms with E-state index in [-0.39, 0.29) is 5.28 Å². The van der Waals surface area contributed by atoms with Gasteiger partial charge in [-0.25, -0.2) is 4.98 Å². The molecule has 16 heavy (non-hydrogen) atoms. The van der Waals surface area contributed by atoms with E-state index >= 15 is 0 Å². The van der Waals surface area contributed by atoms with Crippen LogP contribution in [0.1, 0.15) is 33.6 Å². The average Bonchev–Trinajstić information content (AvgIpc) is 2.25. The Morgan fingerprint density at radius 3 is 2.62 bits per heavy atom. The Morgan fingerprint density at radius 2 is 2.06 bits per heavy atom. The normalized spacial score (nSPS) is 12.9. The van der Waals surface area contributed by atoms with Gasteiger partial charge in [0.05, 0.1) is 4.47 Å². The highest BCUT2D eigenvalue weighted by atomic mass is 79.9. The van der Waals surface area contributed by atoms with Crippen molar-refractivity contribution in [3.05, 3.63) is 16.0 Å². The van der Waals surface area contributed by atoms with Gasteiger partial charge in [0, 0.05) is 12.2 Å². The van der Waals surface area contributed by atoms with Crippen LogP contribution < -0.4 is 5.32 Å². The Morgan fingerprint density at radius 1 is 1.44 bits per heavy atom. The van der Waals surface area contributed by atoms with Gasteiger partial charge in [-0.05, 0) is 40.4 Å². The maximum Gasteiger partial charge on any atom is 0.224 e. The molecule has 0 fully saturated rings. The van der Waals surface area contributed by atoms with E-state index in [0.29, 0.717) is 12.0 Å². The summed E-state index contributed by atoms with van der Waals surface area (Å²) in [7, 11) is 0. The maximum atomic E-state index is 5.76. The quantitative estimate of drug-likeness (QED) is 0.831. The van der Waals surface area contributed by atoms with Gasteiger partial charge in [0.1, 0.15) is 5.82 Å². The molecule has 0 spiro atoms. The SMILES string of the molecule is CCC(CC)C(C)Nc1nc(Cl)ncc1Br. The molecule has 0 saturated carbocycles. The summed E-state index contributed by atoms with van der Waals surface area (Å²) in [6, 6.07) is 0.372. The topological polar surface area (TPSA) is 37.8 Å². The molecule has 1 unspecified atom stereocenters. The average molecular weight is 307 g/mol. The van der Waals surface area contributed by atoms with Gasteiger partial charge in [-0.1, -0.05) is 26.7 Å².